The summed E-state index contributed by atoms with van der Waals surface area (Å²) in [6.07, 6.45) is 3.75. The Labute approximate surface area is 83.9 Å². The zero-order chi connectivity index (χ0) is 9.42. The Morgan fingerprint density at radius 2 is 2.31 bits per heavy atom. The van der Waals surface area contributed by atoms with Gasteiger partial charge in [0.2, 0.25) is 0 Å². The van der Waals surface area contributed by atoms with Crippen molar-refractivity contribution in [1.82, 2.24) is 4.98 Å². The molecule has 1 aliphatic rings. The van der Waals surface area contributed by atoms with Gasteiger partial charge in [0.25, 0.3) is 0 Å². The second-order valence-corrected chi connectivity index (χ2v) is 4.02. The van der Waals surface area contributed by atoms with E-state index < -0.39 is 5.97 Å². The summed E-state index contributed by atoms with van der Waals surface area (Å²) in [5, 5.41) is 8.69. The number of carbonyl (C=O) groups is 1. The van der Waals surface area contributed by atoms with Gasteiger partial charge in [-0.3, -0.25) is 4.98 Å². The predicted octanol–water partition coefficient (Wildman–Crippen LogP) is 2.42. The highest BCUT2D eigenvalue weighted by Gasteiger charge is 2.27. The summed E-state index contributed by atoms with van der Waals surface area (Å²) in [7, 11) is 0. The van der Waals surface area contributed by atoms with Gasteiger partial charge in [-0.1, -0.05) is 0 Å². The first-order valence-corrected chi connectivity index (χ1v) is 4.86. The minimum absolute atomic E-state index is 0.233. The molecule has 0 radical (unpaired) electrons. The van der Waals surface area contributed by atoms with Crippen molar-refractivity contribution in [1.29, 1.82) is 0 Å². The third-order valence-electron chi connectivity index (χ3n) is 2.08. The molecule has 13 heavy (non-hydrogen) atoms. The van der Waals surface area contributed by atoms with Gasteiger partial charge in [0, 0.05) is 16.6 Å². The van der Waals surface area contributed by atoms with Crippen LogP contribution in [-0.4, -0.2) is 16.1 Å². The lowest BCUT2D eigenvalue weighted by Gasteiger charge is -2.01. The maximum atomic E-state index is 10.6. The molecule has 1 aliphatic carbocycles. The molecule has 0 unspecified atom stereocenters. The highest BCUT2D eigenvalue weighted by atomic mass is 79.9. The molecular weight excluding hydrogens is 234 g/mol. The molecule has 1 saturated carbocycles. The van der Waals surface area contributed by atoms with Crippen LogP contribution in [0.1, 0.15) is 34.8 Å². The second kappa shape index (κ2) is 3.10. The van der Waals surface area contributed by atoms with Crippen molar-refractivity contribution in [3.8, 4) is 0 Å². The first-order valence-electron chi connectivity index (χ1n) is 4.07. The third-order valence-corrected chi connectivity index (χ3v) is 2.72. The molecule has 1 heterocycles. The summed E-state index contributed by atoms with van der Waals surface area (Å²) < 4.78 is 0.815. The number of aromatic carboxylic acids is 1. The lowest BCUT2D eigenvalue weighted by atomic mass is 10.2. The van der Waals surface area contributed by atoms with Crippen LogP contribution >= 0.6 is 15.9 Å². The van der Waals surface area contributed by atoms with Crippen molar-refractivity contribution in [2.75, 3.05) is 0 Å². The van der Waals surface area contributed by atoms with Crippen LogP contribution in [0.3, 0.4) is 0 Å². The van der Waals surface area contributed by atoms with Crippen LogP contribution in [0.25, 0.3) is 0 Å². The van der Waals surface area contributed by atoms with Crippen LogP contribution in [0.15, 0.2) is 16.7 Å². The summed E-state index contributed by atoms with van der Waals surface area (Å²) >= 11 is 3.33. The number of nitrogens with zero attached hydrogens (tertiary/aromatic N) is 1. The van der Waals surface area contributed by atoms with Crippen LogP contribution in [0.2, 0.25) is 0 Å². The van der Waals surface area contributed by atoms with E-state index in [9.17, 15) is 4.79 Å². The van der Waals surface area contributed by atoms with Crippen molar-refractivity contribution in [3.05, 3.63) is 28.0 Å². The molecule has 0 amide bonds. The summed E-state index contributed by atoms with van der Waals surface area (Å²) in [6.45, 7) is 0. The molecule has 1 N–H and O–H groups in total. The number of halogens is 1. The molecule has 0 atom stereocenters. The SMILES string of the molecule is O=C(O)c1cnc(C2CC2)c(Br)c1. The van der Waals surface area contributed by atoms with E-state index in [1.54, 1.807) is 6.07 Å². The van der Waals surface area contributed by atoms with Crippen LogP contribution in [0.5, 0.6) is 0 Å². The molecule has 4 heteroatoms. The molecule has 0 saturated heterocycles. The van der Waals surface area contributed by atoms with Gasteiger partial charge in [-0.2, -0.15) is 0 Å². The number of hydrogen-bond acceptors (Lipinski definition) is 2. The standard InChI is InChI=1S/C9H8BrNO2/c10-7-3-6(9(12)13)4-11-8(7)5-1-2-5/h3-5H,1-2H2,(H,12,13). The fourth-order valence-electron chi connectivity index (χ4n) is 1.22. The van der Waals surface area contributed by atoms with Crippen LogP contribution < -0.4 is 0 Å². The third kappa shape index (κ3) is 1.72. The summed E-state index contributed by atoms with van der Waals surface area (Å²) in [6, 6.07) is 1.61. The van der Waals surface area contributed by atoms with Gasteiger partial charge < -0.3 is 5.11 Å². The minimum Gasteiger partial charge on any atom is -0.478 e. The lowest BCUT2D eigenvalue weighted by Crippen LogP contribution is -1.99. The number of aromatic nitrogens is 1. The second-order valence-electron chi connectivity index (χ2n) is 3.17. The Morgan fingerprint density at radius 1 is 1.62 bits per heavy atom. The molecule has 0 aromatic carbocycles. The van der Waals surface area contributed by atoms with Gasteiger partial charge in [0.1, 0.15) is 0 Å². The summed E-state index contributed by atoms with van der Waals surface area (Å²) in [4.78, 5) is 14.7. The van der Waals surface area contributed by atoms with Crippen molar-refractivity contribution in [3.63, 3.8) is 0 Å². The van der Waals surface area contributed by atoms with Crippen molar-refractivity contribution in [2.45, 2.75) is 18.8 Å². The number of pyridine rings is 1. The molecule has 0 aliphatic heterocycles. The predicted molar refractivity (Wildman–Crippen MR) is 50.9 cm³/mol. The normalized spacial score (nSPS) is 15.8. The Kier molecular flexibility index (Phi) is 2.07. The quantitative estimate of drug-likeness (QED) is 0.866. The Hall–Kier alpha value is -0.900. The van der Waals surface area contributed by atoms with Gasteiger partial charge in [0.05, 0.1) is 11.3 Å². The number of hydrogen-bond donors (Lipinski definition) is 1. The van der Waals surface area contributed by atoms with Crippen LogP contribution in [0, 0.1) is 0 Å². The van der Waals surface area contributed by atoms with Crippen molar-refractivity contribution in [2.24, 2.45) is 0 Å². The Bertz CT molecular complexity index is 361. The minimum atomic E-state index is -0.935. The molecule has 1 aromatic rings. The fraction of sp³-hybridized carbons (Fsp3) is 0.333. The largest absolute Gasteiger partial charge is 0.478 e. The lowest BCUT2D eigenvalue weighted by molar-refractivity contribution is 0.0696. The van der Waals surface area contributed by atoms with E-state index in [1.165, 1.54) is 6.20 Å². The number of carboxylic acids is 1. The van der Waals surface area contributed by atoms with E-state index in [0.717, 1.165) is 23.0 Å². The first-order chi connectivity index (χ1) is 6.18. The topological polar surface area (TPSA) is 50.2 Å². The van der Waals surface area contributed by atoms with Crippen LogP contribution in [-0.2, 0) is 0 Å². The average molecular weight is 242 g/mol. The smallest absolute Gasteiger partial charge is 0.337 e. The number of rotatable bonds is 2. The Morgan fingerprint density at radius 3 is 2.77 bits per heavy atom. The highest BCUT2D eigenvalue weighted by molar-refractivity contribution is 9.10. The van der Waals surface area contributed by atoms with Gasteiger partial charge in [-0.25, -0.2) is 4.79 Å². The van der Waals surface area contributed by atoms with E-state index in [1.807, 2.05) is 0 Å². The molecule has 0 spiro atoms. The molecular formula is C9H8BrNO2. The molecule has 68 valence electrons. The monoisotopic (exact) mass is 241 g/mol. The van der Waals surface area contributed by atoms with E-state index in [-0.39, 0.29) is 5.56 Å². The molecule has 0 bridgehead atoms. The van der Waals surface area contributed by atoms with Crippen LogP contribution in [0.4, 0.5) is 0 Å². The molecule has 1 fully saturated rings. The maximum absolute atomic E-state index is 10.6. The Balaban J connectivity index is 2.36. The summed E-state index contributed by atoms with van der Waals surface area (Å²) in [5.41, 5.74) is 1.22. The fourth-order valence-corrected chi connectivity index (χ4v) is 1.90. The first kappa shape index (κ1) is 8.69. The average Bonchev–Trinajstić information content (AvgIpc) is 2.87. The maximum Gasteiger partial charge on any atom is 0.337 e. The molecule has 1 aromatic heterocycles. The zero-order valence-corrected chi connectivity index (χ0v) is 8.41. The molecule has 3 nitrogen and oxygen atoms in total. The van der Waals surface area contributed by atoms with E-state index >= 15 is 0 Å². The van der Waals surface area contributed by atoms with Gasteiger partial charge >= 0.3 is 5.97 Å². The zero-order valence-electron chi connectivity index (χ0n) is 6.83. The molecule has 2 rings (SSSR count). The summed E-state index contributed by atoms with van der Waals surface area (Å²) in [5.74, 6) is -0.396. The van der Waals surface area contributed by atoms with Gasteiger partial charge in [-0.05, 0) is 34.8 Å². The van der Waals surface area contributed by atoms with Crippen molar-refractivity contribution >= 4 is 21.9 Å². The van der Waals surface area contributed by atoms with Gasteiger partial charge in [0.15, 0.2) is 0 Å². The van der Waals surface area contributed by atoms with Crippen molar-refractivity contribution < 1.29 is 9.90 Å². The van der Waals surface area contributed by atoms with Gasteiger partial charge in [-0.15, -0.1) is 0 Å². The highest BCUT2D eigenvalue weighted by Crippen LogP contribution is 2.42. The van der Waals surface area contributed by atoms with E-state index in [4.69, 9.17) is 5.11 Å². The number of carboxylic acid groups (broad SMARTS) is 1. The van der Waals surface area contributed by atoms with E-state index in [2.05, 4.69) is 20.9 Å². The van der Waals surface area contributed by atoms with E-state index in [0.29, 0.717) is 5.92 Å².